The summed E-state index contributed by atoms with van der Waals surface area (Å²) in [6, 6.07) is 4.90. The van der Waals surface area contributed by atoms with Crippen molar-refractivity contribution in [2.45, 2.75) is 0 Å². The molecule has 2 aromatic rings. The van der Waals surface area contributed by atoms with Gasteiger partial charge in [-0.25, -0.2) is 15.5 Å². The van der Waals surface area contributed by atoms with Crippen molar-refractivity contribution in [3.8, 4) is 0 Å². The summed E-state index contributed by atoms with van der Waals surface area (Å²) in [5, 5.41) is 6.41. The van der Waals surface area contributed by atoms with Crippen LogP contribution in [0.15, 0.2) is 24.5 Å². The third-order valence-electron chi connectivity index (χ3n) is 2.07. The number of hydrogen-bond acceptors (Lipinski definition) is 6. The molecule has 0 aliphatic heterocycles. The van der Waals surface area contributed by atoms with Crippen LogP contribution >= 0.6 is 0 Å². The highest BCUT2D eigenvalue weighted by Crippen LogP contribution is 2.06. The number of aryl methyl sites for hydroxylation is 1. The maximum Gasteiger partial charge on any atom is 0.276 e. The van der Waals surface area contributed by atoms with Crippen LogP contribution in [0.3, 0.4) is 0 Å². The molecule has 0 bridgehead atoms. The van der Waals surface area contributed by atoms with Crippen molar-refractivity contribution in [1.29, 1.82) is 0 Å². The summed E-state index contributed by atoms with van der Waals surface area (Å²) in [4.78, 5) is 19.7. The maximum atomic E-state index is 11.8. The van der Waals surface area contributed by atoms with Gasteiger partial charge in [-0.15, -0.1) is 0 Å². The lowest BCUT2D eigenvalue weighted by Crippen LogP contribution is -2.18. The van der Waals surface area contributed by atoms with E-state index in [4.69, 9.17) is 5.84 Å². The number of nitrogen functional groups attached to an aromatic ring is 1. The zero-order chi connectivity index (χ0) is 12.3. The van der Waals surface area contributed by atoms with Gasteiger partial charge in [0.1, 0.15) is 17.8 Å². The molecule has 8 nitrogen and oxygen atoms in total. The molecule has 0 fully saturated rings. The number of hydrazine groups is 1. The molecule has 0 unspecified atom stereocenters. The maximum absolute atomic E-state index is 11.8. The zero-order valence-electron chi connectivity index (χ0n) is 9.08. The molecule has 0 spiro atoms. The average molecular weight is 233 g/mol. The third-order valence-corrected chi connectivity index (χ3v) is 2.07. The second-order valence-corrected chi connectivity index (χ2v) is 3.21. The van der Waals surface area contributed by atoms with Gasteiger partial charge < -0.3 is 5.43 Å². The number of nitrogens with two attached hydrogens (primary N) is 1. The fourth-order valence-electron chi connectivity index (χ4n) is 1.22. The molecule has 0 saturated carbocycles. The Morgan fingerprint density at radius 1 is 1.47 bits per heavy atom. The number of nitrogens with zero attached hydrogens (tertiary/aromatic N) is 4. The van der Waals surface area contributed by atoms with Crippen LogP contribution in [0, 0.1) is 0 Å². The number of carbonyl (C=O) groups is 1. The van der Waals surface area contributed by atoms with Crippen LogP contribution in [-0.2, 0) is 7.05 Å². The Labute approximate surface area is 96.8 Å². The molecule has 2 rings (SSSR count). The lowest BCUT2D eigenvalue weighted by Gasteiger charge is -2.04. The Balaban J connectivity index is 2.17. The van der Waals surface area contributed by atoms with E-state index in [1.807, 2.05) is 0 Å². The molecule has 2 aromatic heterocycles. The molecule has 1 amide bonds. The first-order valence-corrected chi connectivity index (χ1v) is 4.79. The van der Waals surface area contributed by atoms with E-state index < -0.39 is 0 Å². The number of anilines is 2. The van der Waals surface area contributed by atoms with E-state index in [0.717, 1.165) is 0 Å². The van der Waals surface area contributed by atoms with Gasteiger partial charge in [0.05, 0.1) is 0 Å². The van der Waals surface area contributed by atoms with E-state index >= 15 is 0 Å². The van der Waals surface area contributed by atoms with E-state index in [1.54, 1.807) is 25.2 Å². The normalized spacial score (nSPS) is 10.0. The average Bonchev–Trinajstić information content (AvgIpc) is 2.75. The fraction of sp³-hybridized carbons (Fsp3) is 0.111. The molecule has 0 aliphatic rings. The molecule has 0 aliphatic carbocycles. The lowest BCUT2D eigenvalue weighted by molar-refractivity contribution is 0.102. The van der Waals surface area contributed by atoms with Gasteiger partial charge in [-0.3, -0.25) is 10.1 Å². The number of amides is 1. The molecule has 2 heterocycles. The summed E-state index contributed by atoms with van der Waals surface area (Å²) < 4.78 is 1.45. The molecule has 4 N–H and O–H groups in total. The zero-order valence-corrected chi connectivity index (χ0v) is 9.08. The minimum Gasteiger partial charge on any atom is -0.308 e. The van der Waals surface area contributed by atoms with Crippen molar-refractivity contribution < 1.29 is 4.79 Å². The number of pyridine rings is 1. The van der Waals surface area contributed by atoms with E-state index in [0.29, 0.717) is 11.8 Å². The highest BCUT2D eigenvalue weighted by Gasteiger charge is 2.10. The fourth-order valence-corrected chi connectivity index (χ4v) is 1.22. The van der Waals surface area contributed by atoms with Crippen LogP contribution in [-0.4, -0.2) is 25.7 Å². The van der Waals surface area contributed by atoms with Gasteiger partial charge in [-0.1, -0.05) is 6.07 Å². The van der Waals surface area contributed by atoms with Crippen molar-refractivity contribution in [2.75, 3.05) is 10.7 Å². The number of rotatable bonds is 3. The third kappa shape index (κ3) is 2.37. The first kappa shape index (κ1) is 11.0. The molecule has 0 radical (unpaired) electrons. The predicted octanol–water partition coefficient (Wildman–Crippen LogP) is -0.252. The molecular weight excluding hydrogens is 222 g/mol. The SMILES string of the molecule is Cn1ncnc1NC(=O)c1cccc(NN)n1. The summed E-state index contributed by atoms with van der Waals surface area (Å²) in [5.74, 6) is 5.59. The quantitative estimate of drug-likeness (QED) is 0.498. The molecular formula is C9H11N7O. The Hall–Kier alpha value is -2.48. The molecule has 88 valence electrons. The van der Waals surface area contributed by atoms with Crippen LogP contribution in [0.4, 0.5) is 11.8 Å². The van der Waals surface area contributed by atoms with E-state index in [2.05, 4.69) is 25.8 Å². The standard InChI is InChI=1S/C9H11N7O/c1-16-9(11-5-12-16)14-8(17)6-3-2-4-7(13-6)15-10/h2-5H,10H2,1H3,(H,13,15)(H,11,12,14,17). The second-order valence-electron chi connectivity index (χ2n) is 3.21. The largest absolute Gasteiger partial charge is 0.308 e. The molecule has 0 atom stereocenters. The Bertz CT molecular complexity index is 536. The number of carbonyl (C=O) groups excluding carboxylic acids is 1. The highest BCUT2D eigenvalue weighted by atomic mass is 16.2. The number of nitrogens with one attached hydrogen (secondary N) is 2. The van der Waals surface area contributed by atoms with Crippen LogP contribution in [0.5, 0.6) is 0 Å². The summed E-state index contributed by atoms with van der Waals surface area (Å²) in [7, 11) is 1.67. The van der Waals surface area contributed by atoms with Crippen molar-refractivity contribution in [3.05, 3.63) is 30.2 Å². The topological polar surface area (TPSA) is 111 Å². The number of aromatic nitrogens is 4. The van der Waals surface area contributed by atoms with Gasteiger partial charge in [-0.05, 0) is 12.1 Å². The van der Waals surface area contributed by atoms with Gasteiger partial charge in [0, 0.05) is 7.05 Å². The van der Waals surface area contributed by atoms with Gasteiger partial charge in [0.15, 0.2) is 0 Å². The Kier molecular flexibility index (Phi) is 2.97. The van der Waals surface area contributed by atoms with Crippen LogP contribution in [0.25, 0.3) is 0 Å². The molecule has 17 heavy (non-hydrogen) atoms. The monoisotopic (exact) mass is 233 g/mol. The van der Waals surface area contributed by atoms with Crippen molar-refractivity contribution >= 4 is 17.7 Å². The smallest absolute Gasteiger partial charge is 0.276 e. The van der Waals surface area contributed by atoms with Crippen molar-refractivity contribution in [1.82, 2.24) is 19.7 Å². The van der Waals surface area contributed by atoms with E-state index in [9.17, 15) is 4.79 Å². The van der Waals surface area contributed by atoms with Gasteiger partial charge in [0.2, 0.25) is 5.95 Å². The summed E-state index contributed by atoms with van der Waals surface area (Å²) in [5.41, 5.74) is 2.61. The second kappa shape index (κ2) is 4.58. The summed E-state index contributed by atoms with van der Waals surface area (Å²) >= 11 is 0. The van der Waals surface area contributed by atoms with Crippen molar-refractivity contribution in [2.24, 2.45) is 12.9 Å². The lowest BCUT2D eigenvalue weighted by atomic mass is 10.3. The van der Waals surface area contributed by atoms with Crippen LogP contribution in [0.1, 0.15) is 10.5 Å². The van der Waals surface area contributed by atoms with Gasteiger partial charge in [-0.2, -0.15) is 10.1 Å². The molecule has 0 aromatic carbocycles. The number of hydrogen-bond donors (Lipinski definition) is 3. The summed E-state index contributed by atoms with van der Waals surface area (Å²) in [6.45, 7) is 0. The van der Waals surface area contributed by atoms with Gasteiger partial charge >= 0.3 is 0 Å². The highest BCUT2D eigenvalue weighted by molar-refractivity contribution is 6.02. The first-order chi connectivity index (χ1) is 8.20. The van der Waals surface area contributed by atoms with Crippen LogP contribution < -0.4 is 16.6 Å². The summed E-state index contributed by atoms with van der Waals surface area (Å²) in [6.07, 6.45) is 1.35. The van der Waals surface area contributed by atoms with E-state index in [1.165, 1.54) is 11.0 Å². The minimum absolute atomic E-state index is 0.239. The van der Waals surface area contributed by atoms with Gasteiger partial charge in [0.25, 0.3) is 5.91 Å². The first-order valence-electron chi connectivity index (χ1n) is 4.79. The van der Waals surface area contributed by atoms with Crippen LogP contribution in [0.2, 0.25) is 0 Å². The minimum atomic E-state index is -0.377. The Morgan fingerprint density at radius 2 is 2.29 bits per heavy atom. The van der Waals surface area contributed by atoms with Crippen molar-refractivity contribution in [3.63, 3.8) is 0 Å². The van der Waals surface area contributed by atoms with E-state index in [-0.39, 0.29) is 11.6 Å². The molecule has 0 saturated heterocycles. The predicted molar refractivity (Wildman–Crippen MR) is 61.0 cm³/mol. The Morgan fingerprint density at radius 3 is 2.94 bits per heavy atom. The molecule has 8 heteroatoms.